The van der Waals surface area contributed by atoms with Gasteiger partial charge in [-0.1, -0.05) is 18.2 Å². The Labute approximate surface area is 129 Å². The molecule has 2 N–H and O–H groups in total. The standard InChI is InChI=1S/C16H20N2O4/c1-11(16(21)22)17-14(19)13-8-5-9-18(10-13)15(20)12-6-3-2-4-7-12/h2-4,6-7,11,13H,5,8-10H2,1H3,(H,17,19)(H,21,22)/t11-,13?/m0/s1. The molecule has 0 bridgehead atoms. The van der Waals surface area contributed by atoms with Crippen LogP contribution in [0.4, 0.5) is 0 Å². The first-order valence-corrected chi connectivity index (χ1v) is 7.36. The number of carbonyl (C=O) groups is 3. The highest BCUT2D eigenvalue weighted by Crippen LogP contribution is 2.19. The van der Waals surface area contributed by atoms with Crippen LogP contribution in [0.25, 0.3) is 0 Å². The fourth-order valence-electron chi connectivity index (χ4n) is 2.53. The monoisotopic (exact) mass is 304 g/mol. The van der Waals surface area contributed by atoms with Crippen molar-refractivity contribution in [2.45, 2.75) is 25.8 Å². The number of rotatable bonds is 4. The number of carboxylic acid groups (broad SMARTS) is 1. The molecule has 0 spiro atoms. The van der Waals surface area contributed by atoms with Crippen molar-refractivity contribution in [2.24, 2.45) is 5.92 Å². The smallest absolute Gasteiger partial charge is 0.325 e. The van der Waals surface area contributed by atoms with Gasteiger partial charge in [0, 0.05) is 18.7 Å². The van der Waals surface area contributed by atoms with E-state index in [0.29, 0.717) is 25.1 Å². The van der Waals surface area contributed by atoms with E-state index in [1.807, 2.05) is 6.07 Å². The van der Waals surface area contributed by atoms with E-state index in [1.54, 1.807) is 29.2 Å². The van der Waals surface area contributed by atoms with Crippen molar-refractivity contribution < 1.29 is 19.5 Å². The van der Waals surface area contributed by atoms with Crippen LogP contribution >= 0.6 is 0 Å². The minimum atomic E-state index is -1.07. The van der Waals surface area contributed by atoms with E-state index in [-0.39, 0.29) is 17.7 Å². The molecule has 6 nitrogen and oxygen atoms in total. The van der Waals surface area contributed by atoms with Crippen LogP contribution in [0.3, 0.4) is 0 Å². The van der Waals surface area contributed by atoms with Crippen molar-refractivity contribution in [1.29, 1.82) is 0 Å². The van der Waals surface area contributed by atoms with Crippen LogP contribution in [0.1, 0.15) is 30.1 Å². The van der Waals surface area contributed by atoms with Crippen LogP contribution in [0, 0.1) is 5.92 Å². The number of carboxylic acids is 1. The van der Waals surface area contributed by atoms with Crippen molar-refractivity contribution in [3.8, 4) is 0 Å². The van der Waals surface area contributed by atoms with Gasteiger partial charge in [-0.15, -0.1) is 0 Å². The summed E-state index contributed by atoms with van der Waals surface area (Å²) in [6.45, 7) is 2.37. The minimum Gasteiger partial charge on any atom is -0.480 e. The zero-order valence-electron chi connectivity index (χ0n) is 12.5. The second kappa shape index (κ2) is 7.06. The molecule has 1 saturated heterocycles. The van der Waals surface area contributed by atoms with Gasteiger partial charge in [0.05, 0.1) is 5.92 Å². The third kappa shape index (κ3) is 3.84. The molecule has 118 valence electrons. The molecule has 0 aliphatic carbocycles. The number of hydrogen-bond donors (Lipinski definition) is 2. The summed E-state index contributed by atoms with van der Waals surface area (Å²) in [4.78, 5) is 37.0. The topological polar surface area (TPSA) is 86.7 Å². The maximum atomic E-state index is 12.4. The molecule has 6 heteroatoms. The van der Waals surface area contributed by atoms with Gasteiger partial charge in [-0.2, -0.15) is 0 Å². The van der Waals surface area contributed by atoms with E-state index in [0.717, 1.165) is 6.42 Å². The summed E-state index contributed by atoms with van der Waals surface area (Å²) >= 11 is 0. The number of amides is 2. The minimum absolute atomic E-state index is 0.0932. The zero-order chi connectivity index (χ0) is 16.1. The zero-order valence-corrected chi connectivity index (χ0v) is 12.5. The average Bonchev–Trinajstić information content (AvgIpc) is 2.55. The van der Waals surface area contributed by atoms with Crippen molar-refractivity contribution in [3.05, 3.63) is 35.9 Å². The van der Waals surface area contributed by atoms with Crippen molar-refractivity contribution in [3.63, 3.8) is 0 Å². The molecule has 0 aromatic heterocycles. The third-order valence-electron chi connectivity index (χ3n) is 3.83. The van der Waals surface area contributed by atoms with Gasteiger partial charge in [0.15, 0.2) is 0 Å². The molecule has 1 aliphatic rings. The van der Waals surface area contributed by atoms with E-state index in [1.165, 1.54) is 6.92 Å². The van der Waals surface area contributed by atoms with Gasteiger partial charge >= 0.3 is 5.97 Å². The van der Waals surface area contributed by atoms with E-state index >= 15 is 0 Å². The fourth-order valence-corrected chi connectivity index (χ4v) is 2.53. The second-order valence-electron chi connectivity index (χ2n) is 5.52. The normalized spacial score (nSPS) is 19.3. The average molecular weight is 304 g/mol. The van der Waals surface area contributed by atoms with Crippen LogP contribution in [0.2, 0.25) is 0 Å². The molecule has 1 fully saturated rings. The first kappa shape index (κ1) is 16.0. The number of hydrogen-bond acceptors (Lipinski definition) is 3. The Hall–Kier alpha value is -2.37. The highest BCUT2D eigenvalue weighted by molar-refractivity contribution is 5.94. The molecule has 0 saturated carbocycles. The lowest BCUT2D eigenvalue weighted by Gasteiger charge is -2.32. The maximum Gasteiger partial charge on any atom is 0.325 e. The second-order valence-corrected chi connectivity index (χ2v) is 5.52. The summed E-state index contributed by atoms with van der Waals surface area (Å²) < 4.78 is 0. The Balaban J connectivity index is 1.98. The van der Waals surface area contributed by atoms with Gasteiger partial charge in [-0.3, -0.25) is 14.4 Å². The number of benzene rings is 1. The Morgan fingerprint density at radius 1 is 1.27 bits per heavy atom. The number of nitrogens with zero attached hydrogens (tertiary/aromatic N) is 1. The van der Waals surface area contributed by atoms with Gasteiger partial charge < -0.3 is 15.3 Å². The molecular weight excluding hydrogens is 284 g/mol. The Morgan fingerprint density at radius 3 is 2.59 bits per heavy atom. The quantitative estimate of drug-likeness (QED) is 0.873. The Kier molecular flexibility index (Phi) is 5.14. The number of piperidine rings is 1. The highest BCUT2D eigenvalue weighted by Gasteiger charge is 2.30. The fraction of sp³-hybridized carbons (Fsp3) is 0.438. The lowest BCUT2D eigenvalue weighted by atomic mass is 9.96. The van der Waals surface area contributed by atoms with E-state index in [4.69, 9.17) is 5.11 Å². The van der Waals surface area contributed by atoms with Crippen molar-refractivity contribution >= 4 is 17.8 Å². The SMILES string of the molecule is C[C@H](NC(=O)C1CCCN(C(=O)c2ccccc2)C1)C(=O)O. The summed E-state index contributed by atoms with van der Waals surface area (Å²) in [6.07, 6.45) is 1.40. The third-order valence-corrected chi connectivity index (χ3v) is 3.83. The summed E-state index contributed by atoms with van der Waals surface area (Å²) in [5.41, 5.74) is 0.600. The molecule has 1 heterocycles. The van der Waals surface area contributed by atoms with Gasteiger partial charge in [0.25, 0.3) is 5.91 Å². The number of nitrogens with one attached hydrogen (secondary N) is 1. The van der Waals surface area contributed by atoms with Crippen LogP contribution in [-0.4, -0.2) is 46.9 Å². The van der Waals surface area contributed by atoms with Gasteiger partial charge in [-0.05, 0) is 31.9 Å². The summed E-state index contributed by atoms with van der Waals surface area (Å²) in [5.74, 6) is -1.82. The highest BCUT2D eigenvalue weighted by atomic mass is 16.4. The lowest BCUT2D eigenvalue weighted by Crippen LogP contribution is -2.48. The predicted octanol–water partition coefficient (Wildman–Crippen LogP) is 1.13. The van der Waals surface area contributed by atoms with E-state index in [9.17, 15) is 14.4 Å². The molecule has 2 amide bonds. The summed E-state index contributed by atoms with van der Waals surface area (Å²) in [7, 11) is 0. The lowest BCUT2D eigenvalue weighted by molar-refractivity contribution is -0.142. The summed E-state index contributed by atoms with van der Waals surface area (Å²) in [5, 5.41) is 11.3. The first-order chi connectivity index (χ1) is 10.5. The first-order valence-electron chi connectivity index (χ1n) is 7.36. The molecule has 1 aromatic carbocycles. The van der Waals surface area contributed by atoms with Crippen LogP contribution in [0.5, 0.6) is 0 Å². The Bertz CT molecular complexity index is 559. The number of carbonyl (C=O) groups excluding carboxylic acids is 2. The molecular formula is C16H20N2O4. The van der Waals surface area contributed by atoms with Crippen LogP contribution in [-0.2, 0) is 9.59 Å². The molecule has 1 aromatic rings. The summed E-state index contributed by atoms with van der Waals surface area (Å²) in [6, 6.07) is 8.02. The van der Waals surface area contributed by atoms with Crippen LogP contribution < -0.4 is 5.32 Å². The van der Waals surface area contributed by atoms with Crippen molar-refractivity contribution in [1.82, 2.24) is 10.2 Å². The van der Waals surface area contributed by atoms with Crippen molar-refractivity contribution in [2.75, 3.05) is 13.1 Å². The number of aliphatic carboxylic acids is 1. The molecule has 0 radical (unpaired) electrons. The maximum absolute atomic E-state index is 12.4. The molecule has 2 rings (SSSR count). The molecule has 2 atom stereocenters. The number of likely N-dealkylation sites (tertiary alicyclic amines) is 1. The van der Waals surface area contributed by atoms with E-state index in [2.05, 4.69) is 5.32 Å². The van der Waals surface area contributed by atoms with Gasteiger partial charge in [0.1, 0.15) is 6.04 Å². The van der Waals surface area contributed by atoms with E-state index < -0.39 is 12.0 Å². The molecule has 1 unspecified atom stereocenters. The Morgan fingerprint density at radius 2 is 1.95 bits per heavy atom. The van der Waals surface area contributed by atoms with Crippen LogP contribution in [0.15, 0.2) is 30.3 Å². The van der Waals surface area contributed by atoms with Gasteiger partial charge in [-0.25, -0.2) is 0 Å². The van der Waals surface area contributed by atoms with Gasteiger partial charge in [0.2, 0.25) is 5.91 Å². The molecule has 1 aliphatic heterocycles. The largest absolute Gasteiger partial charge is 0.480 e. The predicted molar refractivity (Wildman–Crippen MR) is 80.3 cm³/mol. The molecule has 22 heavy (non-hydrogen) atoms.